The van der Waals surface area contributed by atoms with Crippen LogP contribution >= 0.6 is 11.6 Å². The molecule has 0 aromatic carbocycles. The molecule has 1 heterocycles. The van der Waals surface area contributed by atoms with E-state index in [1.54, 1.807) is 26.0 Å². The number of halogens is 2. The molecule has 0 spiro atoms. The highest BCUT2D eigenvalue weighted by Crippen LogP contribution is 2.69. The van der Waals surface area contributed by atoms with Gasteiger partial charge in [0.1, 0.15) is 0 Å². The summed E-state index contributed by atoms with van der Waals surface area (Å²) < 4.78 is 26.3. The smallest absolute Gasteiger partial charge is 0.198 e. The van der Waals surface area contributed by atoms with Crippen LogP contribution in [0, 0.1) is 22.7 Å². The molecule has 4 nitrogen and oxygen atoms in total. The molecule has 7 atom stereocenters. The number of hydrogen-bond donors (Lipinski definition) is 0. The average molecular weight is 435 g/mol. The SMILES string of the molecule is CC1(C)O[C@@H]2C[C@H]3[C@@H]4C[C@H](Cl)C5=CC(=O)C=C[C@]5(C)C4=CC[C@]3(C)[C@]2(C(=O)CF)O1. The van der Waals surface area contributed by atoms with Gasteiger partial charge in [0.15, 0.2) is 29.6 Å². The predicted octanol–water partition coefficient (Wildman–Crippen LogP) is 4.47. The average Bonchev–Trinajstić information content (AvgIpc) is 3.09. The van der Waals surface area contributed by atoms with E-state index in [-0.39, 0.29) is 23.0 Å². The Morgan fingerprint density at radius 3 is 2.67 bits per heavy atom. The first-order valence-electron chi connectivity index (χ1n) is 10.8. The minimum atomic E-state index is -1.28. The first kappa shape index (κ1) is 20.6. The van der Waals surface area contributed by atoms with Crippen molar-refractivity contribution in [3.8, 4) is 0 Å². The first-order valence-corrected chi connectivity index (χ1v) is 11.2. The van der Waals surface area contributed by atoms with Gasteiger partial charge in [0.25, 0.3) is 0 Å². The maximum absolute atomic E-state index is 13.8. The van der Waals surface area contributed by atoms with Crippen LogP contribution in [0.5, 0.6) is 0 Å². The first-order chi connectivity index (χ1) is 14.0. The molecule has 0 unspecified atom stereocenters. The Morgan fingerprint density at radius 2 is 1.97 bits per heavy atom. The Balaban J connectivity index is 1.63. The van der Waals surface area contributed by atoms with Gasteiger partial charge in [-0.25, -0.2) is 4.39 Å². The molecule has 0 N–H and O–H groups in total. The molecule has 0 aromatic heterocycles. The van der Waals surface area contributed by atoms with Crippen molar-refractivity contribution in [2.24, 2.45) is 22.7 Å². The molecule has 2 saturated carbocycles. The van der Waals surface area contributed by atoms with E-state index in [2.05, 4.69) is 19.9 Å². The van der Waals surface area contributed by atoms with E-state index < -0.39 is 40.8 Å². The fourth-order valence-electron chi connectivity index (χ4n) is 7.24. The second kappa shape index (κ2) is 6.14. The molecule has 0 aromatic rings. The second-order valence-electron chi connectivity index (χ2n) is 10.4. The van der Waals surface area contributed by atoms with Crippen LogP contribution in [0.15, 0.2) is 35.5 Å². The van der Waals surface area contributed by atoms with Crippen molar-refractivity contribution in [2.45, 2.75) is 69.8 Å². The molecule has 5 rings (SSSR count). The van der Waals surface area contributed by atoms with Gasteiger partial charge in [-0.2, -0.15) is 0 Å². The Bertz CT molecular complexity index is 935. The number of ether oxygens (including phenoxy) is 2. The van der Waals surface area contributed by atoms with Gasteiger partial charge in [0, 0.05) is 10.8 Å². The van der Waals surface area contributed by atoms with E-state index in [9.17, 15) is 14.0 Å². The number of fused-ring (bicyclic) bond motifs is 7. The molecule has 30 heavy (non-hydrogen) atoms. The van der Waals surface area contributed by atoms with Gasteiger partial charge in [-0.05, 0) is 69.6 Å². The third-order valence-corrected chi connectivity index (χ3v) is 8.88. The van der Waals surface area contributed by atoms with Crippen LogP contribution in [0.4, 0.5) is 4.39 Å². The normalized spacial score (nSPS) is 48.3. The summed E-state index contributed by atoms with van der Waals surface area (Å²) in [5.41, 5.74) is -0.0658. The van der Waals surface area contributed by atoms with Gasteiger partial charge in [-0.3, -0.25) is 9.59 Å². The molecule has 3 fully saturated rings. The van der Waals surface area contributed by atoms with Crippen molar-refractivity contribution in [3.63, 3.8) is 0 Å². The van der Waals surface area contributed by atoms with Crippen LogP contribution in [0.1, 0.15) is 47.0 Å². The van der Waals surface area contributed by atoms with Crippen molar-refractivity contribution >= 4 is 23.2 Å². The number of hydrogen-bond acceptors (Lipinski definition) is 4. The quantitative estimate of drug-likeness (QED) is 0.475. The lowest BCUT2D eigenvalue weighted by Gasteiger charge is -2.55. The summed E-state index contributed by atoms with van der Waals surface area (Å²) in [6.45, 7) is 6.69. The van der Waals surface area contributed by atoms with Gasteiger partial charge in [0.2, 0.25) is 0 Å². The highest BCUT2D eigenvalue weighted by molar-refractivity contribution is 6.23. The standard InChI is InChI=1S/C24H28ClFO4/c1-21(2)29-20-11-16-14-10-18(25)17-9-13(27)5-7-22(17,3)15(14)6-8-23(16,4)24(20,30-21)19(28)12-26/h5-7,9,14,16,18,20H,8,10-12H2,1-4H3/t14-,16+,18+,20-,22-,23+,24-/m1/s1. The second-order valence-corrected chi connectivity index (χ2v) is 10.9. The highest BCUT2D eigenvalue weighted by atomic mass is 35.5. The molecule has 5 aliphatic rings. The molecule has 1 aliphatic heterocycles. The molecule has 1 saturated heterocycles. The number of alkyl halides is 2. The summed E-state index contributed by atoms with van der Waals surface area (Å²) in [7, 11) is 0. The lowest BCUT2D eigenvalue weighted by molar-refractivity contribution is -0.205. The summed E-state index contributed by atoms with van der Waals surface area (Å²) in [6, 6.07) is 0. The summed E-state index contributed by atoms with van der Waals surface area (Å²) in [4.78, 5) is 25.0. The monoisotopic (exact) mass is 434 g/mol. The van der Waals surface area contributed by atoms with Gasteiger partial charge < -0.3 is 9.47 Å². The zero-order chi connectivity index (χ0) is 21.7. The molecule has 4 aliphatic carbocycles. The number of carbonyl (C=O) groups excluding carboxylic acids is 2. The van der Waals surface area contributed by atoms with Crippen LogP contribution in [0.2, 0.25) is 0 Å². The number of carbonyl (C=O) groups is 2. The largest absolute Gasteiger partial charge is 0.344 e. The molecular weight excluding hydrogens is 407 g/mol. The third kappa shape index (κ3) is 2.35. The number of rotatable bonds is 2. The van der Waals surface area contributed by atoms with E-state index in [1.807, 2.05) is 6.08 Å². The van der Waals surface area contributed by atoms with Gasteiger partial charge in [-0.1, -0.05) is 24.6 Å². The van der Waals surface area contributed by atoms with E-state index >= 15 is 0 Å². The van der Waals surface area contributed by atoms with Crippen molar-refractivity contribution < 1.29 is 23.5 Å². The van der Waals surface area contributed by atoms with Crippen LogP contribution in [0.25, 0.3) is 0 Å². The third-order valence-electron chi connectivity index (χ3n) is 8.46. The summed E-state index contributed by atoms with van der Waals surface area (Å²) in [5.74, 6) is -1.27. The predicted molar refractivity (Wildman–Crippen MR) is 111 cm³/mol. The molecule has 0 radical (unpaired) electrons. The summed E-state index contributed by atoms with van der Waals surface area (Å²) in [5, 5.41) is -0.264. The fourth-order valence-corrected chi connectivity index (χ4v) is 7.72. The minimum absolute atomic E-state index is 0.0280. The molecule has 162 valence electrons. The lowest BCUT2D eigenvalue weighted by atomic mass is 9.51. The van der Waals surface area contributed by atoms with Gasteiger partial charge >= 0.3 is 0 Å². The van der Waals surface area contributed by atoms with Gasteiger partial charge in [-0.15, -0.1) is 11.6 Å². The van der Waals surface area contributed by atoms with Crippen molar-refractivity contribution in [1.29, 1.82) is 0 Å². The van der Waals surface area contributed by atoms with Crippen molar-refractivity contribution in [1.82, 2.24) is 0 Å². The maximum atomic E-state index is 13.8. The number of allylic oxidation sites excluding steroid dienone is 6. The number of Topliss-reactive ketones (excluding diaryl/α,β-unsaturated/α-hetero) is 1. The molecule has 0 bridgehead atoms. The van der Waals surface area contributed by atoms with Crippen LogP contribution < -0.4 is 0 Å². The summed E-state index contributed by atoms with van der Waals surface area (Å²) in [6.07, 6.45) is 8.91. The van der Waals surface area contributed by atoms with E-state index in [0.29, 0.717) is 19.3 Å². The van der Waals surface area contributed by atoms with E-state index in [4.69, 9.17) is 21.1 Å². The molecule has 0 amide bonds. The lowest BCUT2D eigenvalue weighted by Crippen LogP contribution is -2.59. The zero-order valence-electron chi connectivity index (χ0n) is 17.8. The zero-order valence-corrected chi connectivity index (χ0v) is 18.6. The number of ketones is 2. The Labute approximate surface area is 181 Å². The van der Waals surface area contributed by atoms with Crippen LogP contribution in [-0.4, -0.2) is 41.1 Å². The maximum Gasteiger partial charge on any atom is 0.198 e. The van der Waals surface area contributed by atoms with Gasteiger partial charge in [0.05, 0.1) is 11.5 Å². The molecular formula is C24H28ClFO4. The Hall–Kier alpha value is -1.30. The van der Waals surface area contributed by atoms with E-state index in [1.165, 1.54) is 5.57 Å². The highest BCUT2D eigenvalue weighted by Gasteiger charge is 2.75. The van der Waals surface area contributed by atoms with Crippen LogP contribution in [-0.2, 0) is 19.1 Å². The summed E-state index contributed by atoms with van der Waals surface area (Å²) >= 11 is 6.82. The Kier molecular flexibility index (Phi) is 4.22. The van der Waals surface area contributed by atoms with Crippen LogP contribution in [0.3, 0.4) is 0 Å². The Morgan fingerprint density at radius 1 is 1.23 bits per heavy atom. The van der Waals surface area contributed by atoms with E-state index in [0.717, 1.165) is 5.57 Å². The minimum Gasteiger partial charge on any atom is -0.344 e. The topological polar surface area (TPSA) is 52.6 Å². The molecule has 6 heteroatoms. The fraction of sp³-hybridized carbons (Fsp3) is 0.667. The van der Waals surface area contributed by atoms with Crippen molar-refractivity contribution in [2.75, 3.05) is 6.67 Å². The van der Waals surface area contributed by atoms with Crippen molar-refractivity contribution in [3.05, 3.63) is 35.5 Å².